The predicted octanol–water partition coefficient (Wildman–Crippen LogP) is 3.87. The Kier molecular flexibility index (Phi) is 4.83. The van der Waals surface area contributed by atoms with Crippen molar-refractivity contribution in [3.05, 3.63) is 88.5 Å². The minimum absolute atomic E-state index is 0.154. The number of aromatic nitrogens is 2. The number of carboxylic acids is 1. The molecule has 4 rings (SSSR count). The Morgan fingerprint density at radius 3 is 2.63 bits per heavy atom. The Labute approximate surface area is 171 Å². The second-order valence-corrected chi connectivity index (χ2v) is 7.08. The molecule has 0 bridgehead atoms. The molecule has 1 aliphatic rings. The number of carbonyl (C=O) groups excluding carboxylic acids is 1. The third-order valence-electron chi connectivity index (χ3n) is 5.10. The molecule has 152 valence electrons. The molecule has 0 fully saturated rings. The monoisotopic (exact) mass is 406 g/mol. The van der Waals surface area contributed by atoms with Gasteiger partial charge in [-0.3, -0.25) is 4.79 Å². The molecule has 2 aromatic carbocycles. The number of nitrogens with zero attached hydrogens (tertiary/aromatic N) is 2. The van der Waals surface area contributed by atoms with Gasteiger partial charge in [0.2, 0.25) is 0 Å². The van der Waals surface area contributed by atoms with Crippen molar-refractivity contribution in [3.8, 4) is 0 Å². The van der Waals surface area contributed by atoms with Crippen molar-refractivity contribution in [1.82, 2.24) is 9.78 Å². The van der Waals surface area contributed by atoms with E-state index in [2.05, 4.69) is 15.7 Å². The maximum absolute atomic E-state index is 14.4. The number of carboxylic acid groups (broad SMARTS) is 1. The van der Waals surface area contributed by atoms with Crippen LogP contribution in [0.3, 0.4) is 0 Å². The van der Waals surface area contributed by atoms with Crippen LogP contribution in [0.2, 0.25) is 0 Å². The first-order valence-electron chi connectivity index (χ1n) is 9.28. The molecule has 1 aromatic heterocycles. The molecule has 2 heterocycles. The normalized spacial score (nSPS) is 15.0. The number of allylic oxidation sites excluding steroid dienone is 1. The third kappa shape index (κ3) is 3.43. The first kappa shape index (κ1) is 19.4. The van der Waals surface area contributed by atoms with Crippen LogP contribution >= 0.6 is 0 Å². The van der Waals surface area contributed by atoms with Crippen molar-refractivity contribution < 1.29 is 19.1 Å². The average Bonchev–Trinajstić information content (AvgIpc) is 3.15. The summed E-state index contributed by atoms with van der Waals surface area (Å²) in [7, 11) is 0. The maximum atomic E-state index is 14.4. The minimum atomic E-state index is -1.22. The Balaban J connectivity index is 1.73. The summed E-state index contributed by atoms with van der Waals surface area (Å²) >= 11 is 0. The van der Waals surface area contributed by atoms with Gasteiger partial charge in [-0.25, -0.2) is 13.9 Å². The number of amides is 1. The molecule has 0 saturated carbocycles. The number of rotatable bonds is 4. The second kappa shape index (κ2) is 7.47. The van der Waals surface area contributed by atoms with Crippen molar-refractivity contribution in [2.75, 3.05) is 10.6 Å². The van der Waals surface area contributed by atoms with Crippen molar-refractivity contribution in [2.45, 2.75) is 19.9 Å². The van der Waals surface area contributed by atoms with Crippen LogP contribution in [-0.2, 0) is 4.79 Å². The molecule has 0 unspecified atom stereocenters. The van der Waals surface area contributed by atoms with Crippen LogP contribution in [0.1, 0.15) is 33.1 Å². The molecule has 7 nitrogen and oxygen atoms in total. The highest BCUT2D eigenvalue weighted by molar-refractivity contribution is 6.08. The molecule has 3 aromatic rings. The number of hydrogen-bond donors (Lipinski definition) is 3. The average molecular weight is 406 g/mol. The highest BCUT2D eigenvalue weighted by atomic mass is 19.1. The van der Waals surface area contributed by atoms with Gasteiger partial charge in [0.15, 0.2) is 0 Å². The van der Waals surface area contributed by atoms with Crippen LogP contribution in [0.5, 0.6) is 0 Å². The molecular formula is C22H19FN4O3. The van der Waals surface area contributed by atoms with Gasteiger partial charge in [-0.2, -0.15) is 5.10 Å². The molecule has 1 aliphatic heterocycles. The van der Waals surface area contributed by atoms with E-state index in [0.29, 0.717) is 5.69 Å². The molecule has 0 saturated heterocycles. The van der Waals surface area contributed by atoms with E-state index >= 15 is 0 Å². The SMILES string of the molecule is Cc1ccc(NC(=O)c2cnn3c2NC(C(=O)O)=C[C@H]3c2ccccc2F)cc1C. The highest BCUT2D eigenvalue weighted by Crippen LogP contribution is 2.33. The van der Waals surface area contributed by atoms with E-state index in [1.54, 1.807) is 24.3 Å². The van der Waals surface area contributed by atoms with E-state index in [1.807, 2.05) is 26.0 Å². The molecule has 0 radical (unpaired) electrons. The Hall–Kier alpha value is -3.94. The van der Waals surface area contributed by atoms with E-state index in [-0.39, 0.29) is 22.6 Å². The number of anilines is 2. The summed E-state index contributed by atoms with van der Waals surface area (Å²) in [5.41, 5.74) is 2.99. The maximum Gasteiger partial charge on any atom is 0.352 e. The van der Waals surface area contributed by atoms with E-state index in [4.69, 9.17) is 0 Å². The van der Waals surface area contributed by atoms with Gasteiger partial charge in [-0.15, -0.1) is 0 Å². The fourth-order valence-electron chi connectivity index (χ4n) is 3.34. The second-order valence-electron chi connectivity index (χ2n) is 7.08. The molecule has 30 heavy (non-hydrogen) atoms. The van der Waals surface area contributed by atoms with Crippen LogP contribution in [0.25, 0.3) is 0 Å². The summed E-state index contributed by atoms with van der Waals surface area (Å²) in [6.45, 7) is 3.92. The zero-order chi connectivity index (χ0) is 21.4. The van der Waals surface area contributed by atoms with Crippen LogP contribution in [0.15, 0.2) is 60.4 Å². The summed E-state index contributed by atoms with van der Waals surface area (Å²) in [4.78, 5) is 24.5. The number of benzene rings is 2. The highest BCUT2D eigenvalue weighted by Gasteiger charge is 2.30. The topological polar surface area (TPSA) is 96.3 Å². The molecule has 1 amide bonds. The van der Waals surface area contributed by atoms with Gasteiger partial charge in [-0.1, -0.05) is 24.3 Å². The lowest BCUT2D eigenvalue weighted by molar-refractivity contribution is -0.132. The van der Waals surface area contributed by atoms with Gasteiger partial charge in [0.1, 0.15) is 28.9 Å². The van der Waals surface area contributed by atoms with Gasteiger partial charge in [0.25, 0.3) is 5.91 Å². The third-order valence-corrected chi connectivity index (χ3v) is 5.10. The summed E-state index contributed by atoms with van der Waals surface area (Å²) < 4.78 is 15.8. The van der Waals surface area contributed by atoms with Crippen molar-refractivity contribution >= 4 is 23.4 Å². The van der Waals surface area contributed by atoms with Gasteiger partial charge in [0, 0.05) is 11.3 Å². The predicted molar refractivity (Wildman–Crippen MR) is 110 cm³/mol. The summed E-state index contributed by atoms with van der Waals surface area (Å²) in [6, 6.07) is 10.8. The Bertz CT molecular complexity index is 1200. The van der Waals surface area contributed by atoms with Crippen LogP contribution < -0.4 is 10.6 Å². The molecule has 3 N–H and O–H groups in total. The molecule has 1 atom stereocenters. The van der Waals surface area contributed by atoms with Gasteiger partial charge in [-0.05, 0) is 49.2 Å². The van der Waals surface area contributed by atoms with Crippen molar-refractivity contribution in [3.63, 3.8) is 0 Å². The van der Waals surface area contributed by atoms with E-state index in [0.717, 1.165) is 11.1 Å². The van der Waals surface area contributed by atoms with Gasteiger partial charge in [0.05, 0.1) is 6.20 Å². The summed E-state index contributed by atoms with van der Waals surface area (Å²) in [6.07, 6.45) is 2.71. The minimum Gasteiger partial charge on any atom is -0.477 e. The number of aryl methyl sites for hydroxylation is 2. The number of hydrogen-bond acceptors (Lipinski definition) is 4. The van der Waals surface area contributed by atoms with Crippen LogP contribution in [0.4, 0.5) is 15.9 Å². The molecule has 8 heteroatoms. The number of carbonyl (C=O) groups is 2. The number of aliphatic carboxylic acids is 1. The summed E-state index contributed by atoms with van der Waals surface area (Å²) in [5, 5.41) is 19.3. The fraction of sp³-hybridized carbons (Fsp3) is 0.136. The van der Waals surface area contributed by atoms with Crippen LogP contribution in [0, 0.1) is 19.7 Å². The van der Waals surface area contributed by atoms with Gasteiger partial charge >= 0.3 is 5.97 Å². The smallest absolute Gasteiger partial charge is 0.352 e. The van der Waals surface area contributed by atoms with Crippen LogP contribution in [-0.4, -0.2) is 26.8 Å². The quantitative estimate of drug-likeness (QED) is 0.611. The lowest BCUT2D eigenvalue weighted by Gasteiger charge is -2.24. The number of halogens is 1. The Morgan fingerprint density at radius 1 is 1.17 bits per heavy atom. The lowest BCUT2D eigenvalue weighted by atomic mass is 10.0. The largest absolute Gasteiger partial charge is 0.477 e. The standard InChI is InChI=1S/C22H19FN4O3/c1-12-7-8-14(9-13(12)2)25-21(28)16-11-24-27-19(15-5-3-4-6-17(15)23)10-18(22(29)30)26-20(16)27/h3-11,19,26H,1-2H3,(H,25,28)(H,29,30)/t19-/m0/s1. The first-order chi connectivity index (χ1) is 14.3. The first-order valence-corrected chi connectivity index (χ1v) is 9.28. The number of fused-ring (bicyclic) bond motifs is 1. The van der Waals surface area contributed by atoms with E-state index in [1.165, 1.54) is 23.0 Å². The van der Waals surface area contributed by atoms with E-state index in [9.17, 15) is 19.1 Å². The molecule has 0 aliphatic carbocycles. The number of nitrogens with one attached hydrogen (secondary N) is 2. The Morgan fingerprint density at radius 2 is 1.93 bits per heavy atom. The molecule has 0 spiro atoms. The zero-order valence-electron chi connectivity index (χ0n) is 16.3. The molecular weight excluding hydrogens is 387 g/mol. The van der Waals surface area contributed by atoms with Crippen molar-refractivity contribution in [2.24, 2.45) is 0 Å². The van der Waals surface area contributed by atoms with Crippen molar-refractivity contribution in [1.29, 1.82) is 0 Å². The summed E-state index contributed by atoms with van der Waals surface area (Å²) in [5.74, 6) is -1.98. The zero-order valence-corrected chi connectivity index (χ0v) is 16.3. The van der Waals surface area contributed by atoms with Gasteiger partial charge < -0.3 is 15.7 Å². The van der Waals surface area contributed by atoms with E-state index < -0.39 is 23.7 Å². The fourth-order valence-corrected chi connectivity index (χ4v) is 3.34. The lowest BCUT2D eigenvalue weighted by Crippen LogP contribution is -2.26.